The summed E-state index contributed by atoms with van der Waals surface area (Å²) in [4.78, 5) is 32.3. The van der Waals surface area contributed by atoms with Crippen LogP contribution in [0.25, 0.3) is 21.9 Å². The van der Waals surface area contributed by atoms with Gasteiger partial charge in [0.15, 0.2) is 0 Å². The molecule has 0 saturated carbocycles. The maximum atomic E-state index is 13.0. The minimum absolute atomic E-state index is 0.0187. The van der Waals surface area contributed by atoms with E-state index in [-0.39, 0.29) is 37.4 Å². The number of amides is 2. The lowest BCUT2D eigenvalue weighted by Gasteiger charge is -2.17. The van der Waals surface area contributed by atoms with E-state index < -0.39 is 0 Å². The third-order valence-electron chi connectivity index (χ3n) is 6.04. The highest BCUT2D eigenvalue weighted by Crippen LogP contribution is 2.29. The molecule has 1 saturated heterocycles. The first-order valence-electron chi connectivity index (χ1n) is 11.0. The topological polar surface area (TPSA) is 113 Å². The standard InChI is InChI=1S/C24H24N6O3/c31-12-10-25-24(33)18-13-21(26-19-6-2-1-5-17(18)19)16-9-11-29(14-16)23(32)15-30-22-8-4-3-7-20(22)27-28-30/h1-8,13,16,31H,9-12,14-15H2,(H,25,33)/t16-/m1/s1. The van der Waals surface area contributed by atoms with E-state index in [2.05, 4.69) is 15.6 Å². The number of carbonyl (C=O) groups is 2. The fourth-order valence-electron chi connectivity index (χ4n) is 4.35. The molecular weight excluding hydrogens is 420 g/mol. The van der Waals surface area contributed by atoms with Crippen LogP contribution in [0.15, 0.2) is 54.6 Å². The molecule has 0 aliphatic carbocycles. The van der Waals surface area contributed by atoms with Crippen LogP contribution in [0.3, 0.4) is 0 Å². The van der Waals surface area contributed by atoms with E-state index in [0.717, 1.165) is 34.1 Å². The maximum Gasteiger partial charge on any atom is 0.252 e. The SMILES string of the molecule is O=C(NCCO)c1cc([C@@H]2CCN(C(=O)Cn3nnc4ccccc43)C2)nc2ccccc12. The summed E-state index contributed by atoms with van der Waals surface area (Å²) in [6, 6.07) is 16.9. The van der Waals surface area contributed by atoms with Crippen molar-refractivity contribution < 1.29 is 14.7 Å². The number of hydrogen-bond acceptors (Lipinski definition) is 6. The molecule has 0 radical (unpaired) electrons. The fourth-order valence-corrected chi connectivity index (χ4v) is 4.35. The summed E-state index contributed by atoms with van der Waals surface area (Å²) in [5, 5.41) is 20.8. The van der Waals surface area contributed by atoms with E-state index in [1.54, 1.807) is 4.68 Å². The monoisotopic (exact) mass is 444 g/mol. The second-order valence-electron chi connectivity index (χ2n) is 8.15. The van der Waals surface area contributed by atoms with E-state index >= 15 is 0 Å². The average Bonchev–Trinajstić information content (AvgIpc) is 3.50. The van der Waals surface area contributed by atoms with Gasteiger partial charge in [0.2, 0.25) is 5.91 Å². The molecule has 9 nitrogen and oxygen atoms in total. The van der Waals surface area contributed by atoms with Crippen LogP contribution in [0.1, 0.15) is 28.4 Å². The Bertz CT molecular complexity index is 1330. The smallest absolute Gasteiger partial charge is 0.252 e. The number of aromatic nitrogens is 4. The van der Waals surface area contributed by atoms with Gasteiger partial charge in [0.05, 0.1) is 23.2 Å². The molecule has 4 aromatic rings. The van der Waals surface area contributed by atoms with Crippen LogP contribution >= 0.6 is 0 Å². The summed E-state index contributed by atoms with van der Waals surface area (Å²) in [6.45, 7) is 1.36. The van der Waals surface area contributed by atoms with Crippen molar-refractivity contribution in [3.63, 3.8) is 0 Å². The Balaban J connectivity index is 1.35. The number of nitrogens with one attached hydrogen (secondary N) is 1. The van der Waals surface area contributed by atoms with Crippen LogP contribution in [-0.4, -0.2) is 68.0 Å². The number of rotatable bonds is 6. The van der Waals surface area contributed by atoms with Crippen LogP contribution < -0.4 is 5.32 Å². The van der Waals surface area contributed by atoms with Crippen molar-refractivity contribution in [2.24, 2.45) is 0 Å². The Morgan fingerprint density at radius 2 is 1.88 bits per heavy atom. The Hall–Kier alpha value is -3.85. The van der Waals surface area contributed by atoms with E-state index in [4.69, 9.17) is 10.1 Å². The number of aliphatic hydroxyl groups excluding tert-OH is 1. The van der Waals surface area contributed by atoms with Crippen molar-refractivity contribution in [3.05, 3.63) is 65.9 Å². The molecule has 5 rings (SSSR count). The minimum atomic E-state index is -0.243. The summed E-state index contributed by atoms with van der Waals surface area (Å²) < 4.78 is 1.63. The van der Waals surface area contributed by atoms with Crippen molar-refractivity contribution in [2.45, 2.75) is 18.9 Å². The molecule has 0 bridgehead atoms. The molecule has 3 heterocycles. The maximum absolute atomic E-state index is 13.0. The van der Waals surface area contributed by atoms with Crippen molar-refractivity contribution in [1.82, 2.24) is 30.2 Å². The number of likely N-dealkylation sites (tertiary alicyclic amines) is 1. The summed E-state index contributed by atoms with van der Waals surface area (Å²) in [5.41, 5.74) is 3.66. The largest absolute Gasteiger partial charge is 0.395 e. The second-order valence-corrected chi connectivity index (χ2v) is 8.15. The van der Waals surface area contributed by atoms with Gasteiger partial charge < -0.3 is 15.3 Å². The van der Waals surface area contributed by atoms with Crippen molar-refractivity contribution >= 4 is 33.8 Å². The number of nitrogens with zero attached hydrogens (tertiary/aromatic N) is 5. The van der Waals surface area contributed by atoms with Gasteiger partial charge in [-0.05, 0) is 30.7 Å². The minimum Gasteiger partial charge on any atom is -0.395 e. The normalized spacial score (nSPS) is 15.9. The third-order valence-corrected chi connectivity index (χ3v) is 6.04. The molecule has 2 aromatic heterocycles. The molecule has 0 spiro atoms. The van der Waals surface area contributed by atoms with E-state index in [1.807, 2.05) is 59.5 Å². The highest BCUT2D eigenvalue weighted by Gasteiger charge is 2.29. The molecule has 1 aliphatic heterocycles. The summed E-state index contributed by atoms with van der Waals surface area (Å²) in [5.74, 6) is -0.224. The van der Waals surface area contributed by atoms with E-state index in [9.17, 15) is 9.59 Å². The zero-order valence-corrected chi connectivity index (χ0v) is 18.0. The Labute approximate surface area is 190 Å². The van der Waals surface area contributed by atoms with Crippen molar-refractivity contribution in [2.75, 3.05) is 26.2 Å². The van der Waals surface area contributed by atoms with Crippen LogP contribution in [0, 0.1) is 0 Å². The van der Waals surface area contributed by atoms with E-state index in [0.29, 0.717) is 18.7 Å². The van der Waals surface area contributed by atoms with E-state index in [1.165, 1.54) is 0 Å². The number of benzene rings is 2. The molecule has 33 heavy (non-hydrogen) atoms. The summed E-state index contributed by atoms with van der Waals surface area (Å²) in [6.07, 6.45) is 0.771. The third kappa shape index (κ3) is 4.14. The van der Waals surface area contributed by atoms with Crippen LogP contribution in [-0.2, 0) is 11.3 Å². The van der Waals surface area contributed by atoms with Gasteiger partial charge in [-0.25, -0.2) is 4.68 Å². The van der Waals surface area contributed by atoms with Gasteiger partial charge in [0, 0.05) is 36.6 Å². The second kappa shape index (κ2) is 8.95. The molecule has 2 N–H and O–H groups in total. The Kier molecular flexibility index (Phi) is 5.70. The van der Waals surface area contributed by atoms with Crippen molar-refractivity contribution in [3.8, 4) is 0 Å². The molecule has 0 unspecified atom stereocenters. The number of pyridine rings is 1. The summed E-state index contributed by atoms with van der Waals surface area (Å²) in [7, 11) is 0. The quantitative estimate of drug-likeness (QED) is 0.468. The molecule has 1 atom stereocenters. The predicted molar refractivity (Wildman–Crippen MR) is 123 cm³/mol. The molecule has 9 heteroatoms. The molecule has 1 fully saturated rings. The molecular formula is C24H24N6O3. The number of aliphatic hydroxyl groups is 1. The predicted octanol–water partition coefficient (Wildman–Crippen LogP) is 1.72. The van der Waals surface area contributed by atoms with Gasteiger partial charge in [0.1, 0.15) is 12.1 Å². The van der Waals surface area contributed by atoms with Crippen molar-refractivity contribution in [1.29, 1.82) is 0 Å². The number of fused-ring (bicyclic) bond motifs is 2. The summed E-state index contributed by atoms with van der Waals surface area (Å²) >= 11 is 0. The first kappa shape index (κ1) is 21.0. The number of para-hydroxylation sites is 2. The highest BCUT2D eigenvalue weighted by molar-refractivity contribution is 6.06. The lowest BCUT2D eigenvalue weighted by Crippen LogP contribution is -2.32. The number of carbonyl (C=O) groups excluding carboxylic acids is 2. The lowest BCUT2D eigenvalue weighted by molar-refractivity contribution is -0.130. The van der Waals surface area contributed by atoms with Gasteiger partial charge in [-0.2, -0.15) is 0 Å². The lowest BCUT2D eigenvalue weighted by atomic mass is 9.99. The van der Waals surface area contributed by atoms with Gasteiger partial charge >= 0.3 is 0 Å². The first-order valence-corrected chi connectivity index (χ1v) is 11.0. The first-order chi connectivity index (χ1) is 16.1. The highest BCUT2D eigenvalue weighted by atomic mass is 16.3. The Morgan fingerprint density at radius 1 is 1.09 bits per heavy atom. The fraction of sp³-hybridized carbons (Fsp3) is 0.292. The molecule has 168 valence electrons. The van der Waals surface area contributed by atoms with Crippen LogP contribution in [0.4, 0.5) is 0 Å². The molecule has 2 amide bonds. The van der Waals surface area contributed by atoms with Gasteiger partial charge in [0.25, 0.3) is 5.91 Å². The molecule has 1 aliphatic rings. The zero-order chi connectivity index (χ0) is 22.8. The van der Waals surface area contributed by atoms with Crippen LogP contribution in [0.2, 0.25) is 0 Å². The van der Waals surface area contributed by atoms with Gasteiger partial charge in [-0.1, -0.05) is 35.5 Å². The van der Waals surface area contributed by atoms with Crippen LogP contribution in [0.5, 0.6) is 0 Å². The average molecular weight is 444 g/mol. The zero-order valence-electron chi connectivity index (χ0n) is 18.0. The van der Waals surface area contributed by atoms with Gasteiger partial charge in [-0.15, -0.1) is 5.10 Å². The van der Waals surface area contributed by atoms with Gasteiger partial charge in [-0.3, -0.25) is 14.6 Å². The number of hydrogen-bond donors (Lipinski definition) is 2. The Morgan fingerprint density at radius 3 is 2.73 bits per heavy atom. The molecule has 2 aromatic carbocycles.